The maximum Gasteiger partial charge on any atom is 0.158 e. The molecule has 0 radical (unpaired) electrons. The Bertz CT molecular complexity index is 1390. The number of nitrogens with zero attached hydrogens (tertiary/aromatic N) is 3. The highest BCUT2D eigenvalue weighted by molar-refractivity contribution is 5.66. The predicted molar refractivity (Wildman–Crippen MR) is 167 cm³/mol. The number of fused-ring (bicyclic) bond motifs is 1. The van der Waals surface area contributed by atoms with E-state index in [9.17, 15) is 0 Å². The van der Waals surface area contributed by atoms with Crippen molar-refractivity contribution >= 4 is 5.65 Å². The zero-order chi connectivity index (χ0) is 28.0. The lowest BCUT2D eigenvalue weighted by molar-refractivity contribution is 0.817. The molecule has 0 saturated heterocycles. The molecule has 204 valence electrons. The van der Waals surface area contributed by atoms with Gasteiger partial charge in [-0.15, -0.1) is 6.58 Å². The lowest BCUT2D eigenvalue weighted by atomic mass is 10.0. The van der Waals surface area contributed by atoms with Gasteiger partial charge in [0.25, 0.3) is 0 Å². The van der Waals surface area contributed by atoms with Crippen LogP contribution >= 0.6 is 0 Å². The SMILES string of the molecule is C=CCCC1=CC=CCC1.CCc1ccc(CNC)cc1.Cc1ccccc1-c1cc(C)n2ncc(C)c2n1. The number of aryl methyl sites for hydroxylation is 4. The number of hydrogen-bond donors (Lipinski definition) is 1. The predicted octanol–water partition coefficient (Wildman–Crippen LogP) is 8.52. The van der Waals surface area contributed by atoms with E-state index in [1.807, 2.05) is 42.9 Å². The second-order valence-corrected chi connectivity index (χ2v) is 9.98. The molecule has 0 amide bonds. The van der Waals surface area contributed by atoms with Gasteiger partial charge >= 0.3 is 0 Å². The van der Waals surface area contributed by atoms with Crippen LogP contribution in [0.25, 0.3) is 16.9 Å². The van der Waals surface area contributed by atoms with Crippen LogP contribution < -0.4 is 5.32 Å². The van der Waals surface area contributed by atoms with E-state index >= 15 is 0 Å². The van der Waals surface area contributed by atoms with Crippen molar-refractivity contribution < 1.29 is 0 Å². The minimum Gasteiger partial charge on any atom is -0.316 e. The monoisotopic (exact) mass is 520 g/mol. The number of nitrogens with one attached hydrogen (secondary N) is 1. The van der Waals surface area contributed by atoms with Crippen molar-refractivity contribution in [2.75, 3.05) is 7.05 Å². The molecule has 1 N–H and O–H groups in total. The first-order valence-corrected chi connectivity index (χ1v) is 14.0. The van der Waals surface area contributed by atoms with Crippen molar-refractivity contribution in [3.05, 3.63) is 125 Å². The summed E-state index contributed by atoms with van der Waals surface area (Å²) in [7, 11) is 1.97. The van der Waals surface area contributed by atoms with Gasteiger partial charge in [-0.25, -0.2) is 9.50 Å². The summed E-state index contributed by atoms with van der Waals surface area (Å²) in [4.78, 5) is 4.73. The third-order valence-corrected chi connectivity index (χ3v) is 6.83. The molecule has 4 aromatic rings. The first kappa shape index (κ1) is 29.8. The highest BCUT2D eigenvalue weighted by Crippen LogP contribution is 2.23. The van der Waals surface area contributed by atoms with Crippen molar-refractivity contribution in [2.45, 2.75) is 66.3 Å². The number of aromatic nitrogens is 3. The third-order valence-electron chi connectivity index (χ3n) is 6.83. The van der Waals surface area contributed by atoms with Crippen molar-refractivity contribution in [1.29, 1.82) is 0 Å². The Morgan fingerprint density at radius 1 is 1.00 bits per heavy atom. The second-order valence-electron chi connectivity index (χ2n) is 9.98. The van der Waals surface area contributed by atoms with Crippen LogP contribution in [0.1, 0.15) is 60.6 Å². The van der Waals surface area contributed by atoms with Crippen LogP contribution in [0.5, 0.6) is 0 Å². The van der Waals surface area contributed by atoms with Gasteiger partial charge in [0.2, 0.25) is 0 Å². The Morgan fingerprint density at radius 2 is 1.74 bits per heavy atom. The lowest BCUT2D eigenvalue weighted by Gasteiger charge is -2.07. The van der Waals surface area contributed by atoms with Gasteiger partial charge in [0.15, 0.2) is 5.65 Å². The van der Waals surface area contributed by atoms with Crippen LogP contribution in [0.15, 0.2) is 97.3 Å². The van der Waals surface area contributed by atoms with Gasteiger partial charge in [0, 0.05) is 23.4 Å². The van der Waals surface area contributed by atoms with Gasteiger partial charge in [-0.2, -0.15) is 5.10 Å². The fraction of sp³-hybridized carbons (Fsp3) is 0.314. The summed E-state index contributed by atoms with van der Waals surface area (Å²) in [5.41, 5.74) is 10.9. The second kappa shape index (κ2) is 15.6. The maximum absolute atomic E-state index is 4.73. The molecule has 1 aliphatic carbocycles. The fourth-order valence-corrected chi connectivity index (χ4v) is 4.47. The van der Waals surface area contributed by atoms with Crippen LogP contribution in [0.3, 0.4) is 0 Å². The largest absolute Gasteiger partial charge is 0.316 e. The molecule has 0 spiro atoms. The minimum atomic E-state index is 0.938. The zero-order valence-electron chi connectivity index (χ0n) is 24.4. The smallest absolute Gasteiger partial charge is 0.158 e. The molecule has 2 aromatic heterocycles. The van der Waals surface area contributed by atoms with Gasteiger partial charge in [-0.1, -0.05) is 85.3 Å². The van der Waals surface area contributed by atoms with E-state index in [0.29, 0.717) is 0 Å². The average molecular weight is 521 g/mol. The topological polar surface area (TPSA) is 42.2 Å². The molecule has 39 heavy (non-hydrogen) atoms. The van der Waals surface area contributed by atoms with Crippen LogP contribution in [0.4, 0.5) is 0 Å². The van der Waals surface area contributed by atoms with Crippen molar-refractivity contribution in [3.8, 4) is 11.3 Å². The molecule has 2 heterocycles. The highest BCUT2D eigenvalue weighted by atomic mass is 15.2. The Labute approximate surface area is 235 Å². The van der Waals surface area contributed by atoms with Crippen LogP contribution in [0.2, 0.25) is 0 Å². The van der Waals surface area contributed by atoms with Gasteiger partial charge in [-0.3, -0.25) is 0 Å². The average Bonchev–Trinajstić information content (AvgIpc) is 3.35. The fourth-order valence-electron chi connectivity index (χ4n) is 4.47. The van der Waals surface area contributed by atoms with Crippen molar-refractivity contribution in [2.24, 2.45) is 0 Å². The van der Waals surface area contributed by atoms with Gasteiger partial charge < -0.3 is 5.32 Å². The van der Waals surface area contributed by atoms with E-state index in [1.165, 1.54) is 41.5 Å². The lowest BCUT2D eigenvalue weighted by Crippen LogP contribution is -2.04. The van der Waals surface area contributed by atoms with Crippen LogP contribution in [-0.2, 0) is 13.0 Å². The molecule has 0 atom stereocenters. The first-order chi connectivity index (χ1) is 19.0. The Hall–Kier alpha value is -3.76. The molecule has 4 nitrogen and oxygen atoms in total. The molecule has 2 aromatic carbocycles. The van der Waals surface area contributed by atoms with Gasteiger partial charge in [-0.05, 0) is 82.7 Å². The molecule has 4 heteroatoms. The van der Waals surface area contributed by atoms with Gasteiger partial charge in [0.05, 0.1) is 11.9 Å². The summed E-state index contributed by atoms with van der Waals surface area (Å²) in [5, 5.41) is 7.45. The highest BCUT2D eigenvalue weighted by Gasteiger charge is 2.09. The summed E-state index contributed by atoms with van der Waals surface area (Å²) in [6, 6.07) is 19.1. The Morgan fingerprint density at radius 3 is 2.38 bits per heavy atom. The van der Waals surface area contributed by atoms with E-state index < -0.39 is 0 Å². The molecule has 0 fully saturated rings. The summed E-state index contributed by atoms with van der Waals surface area (Å²) in [5.74, 6) is 0. The van der Waals surface area contributed by atoms with E-state index in [-0.39, 0.29) is 0 Å². The van der Waals surface area contributed by atoms with Crippen LogP contribution in [-0.4, -0.2) is 21.6 Å². The molecular formula is C35H44N4. The molecular weight excluding hydrogens is 476 g/mol. The van der Waals surface area contributed by atoms with Gasteiger partial charge in [0.1, 0.15) is 0 Å². The van der Waals surface area contributed by atoms with E-state index in [0.717, 1.165) is 42.0 Å². The zero-order valence-corrected chi connectivity index (χ0v) is 24.4. The normalized spacial score (nSPS) is 12.2. The quantitative estimate of drug-likeness (QED) is 0.248. The van der Waals surface area contributed by atoms with Crippen molar-refractivity contribution in [3.63, 3.8) is 0 Å². The molecule has 0 bridgehead atoms. The Kier molecular flexibility index (Phi) is 11.9. The standard InChI is InChI=1S/C15H15N3.C10H15N.C10H14/c1-10-6-4-5-7-13(10)14-8-12(3)18-15(17-14)11(2)9-16-18;1-3-9-4-6-10(7-5-9)8-11-2;1-2-3-7-10-8-5-4-6-9-10/h4-9H,1-3H3;4-7,11H,3,8H2,1-2H3;2,4-5,8H,1,3,6-7,9H2. The minimum absolute atomic E-state index is 0.938. The number of hydrogen-bond acceptors (Lipinski definition) is 3. The number of benzene rings is 2. The molecule has 1 aliphatic rings. The Balaban J connectivity index is 0.000000173. The first-order valence-electron chi connectivity index (χ1n) is 14.0. The summed E-state index contributed by atoms with van der Waals surface area (Å²) >= 11 is 0. The summed E-state index contributed by atoms with van der Waals surface area (Å²) in [6.45, 7) is 13.0. The van der Waals surface area contributed by atoms with E-state index in [2.05, 4.69) is 98.5 Å². The third kappa shape index (κ3) is 8.90. The number of allylic oxidation sites excluding steroid dienone is 5. The van der Waals surface area contributed by atoms with E-state index in [1.54, 1.807) is 5.57 Å². The van der Waals surface area contributed by atoms with Crippen LogP contribution in [0, 0.1) is 20.8 Å². The molecule has 0 unspecified atom stereocenters. The molecule has 5 rings (SSSR count). The maximum atomic E-state index is 4.73. The summed E-state index contributed by atoms with van der Waals surface area (Å²) < 4.78 is 1.89. The molecule has 0 aliphatic heterocycles. The number of rotatable bonds is 7. The molecule has 0 saturated carbocycles. The van der Waals surface area contributed by atoms with Crippen molar-refractivity contribution in [1.82, 2.24) is 19.9 Å². The summed E-state index contributed by atoms with van der Waals surface area (Å²) in [6.07, 6.45) is 16.4. The van der Waals surface area contributed by atoms with E-state index in [4.69, 9.17) is 4.98 Å².